The second-order valence-electron chi connectivity index (χ2n) is 7.40. The highest BCUT2D eigenvalue weighted by atomic mass is 35.5. The Bertz CT molecular complexity index is 853. The summed E-state index contributed by atoms with van der Waals surface area (Å²) in [7, 11) is 0. The van der Waals surface area contributed by atoms with Crippen LogP contribution in [0, 0.1) is 11.8 Å². The highest BCUT2D eigenvalue weighted by Crippen LogP contribution is 2.42. The number of carbonyl (C=O) groups is 2. The van der Waals surface area contributed by atoms with Gasteiger partial charge in [-0.25, -0.2) is 9.96 Å². The first-order valence-electron chi connectivity index (χ1n) is 9.12. The van der Waals surface area contributed by atoms with Gasteiger partial charge >= 0.3 is 0 Å². The first-order valence-corrected chi connectivity index (χ1v) is 9.49. The molecule has 0 unspecified atom stereocenters. The Balaban J connectivity index is 1.69. The number of carbonyl (C=O) groups excluding carboxylic acids is 2. The summed E-state index contributed by atoms with van der Waals surface area (Å²) in [6, 6.07) is 16.2. The largest absolute Gasteiger partial charge is 0.273 e. The number of halogens is 1. The second-order valence-corrected chi connectivity index (χ2v) is 7.83. The lowest BCUT2D eigenvalue weighted by Crippen LogP contribution is -2.41. The third-order valence-electron chi connectivity index (χ3n) is 5.05. The molecule has 2 aliphatic heterocycles. The zero-order valence-corrected chi connectivity index (χ0v) is 16.0. The molecule has 0 N–H and O–H groups in total. The van der Waals surface area contributed by atoms with Crippen molar-refractivity contribution in [3.05, 3.63) is 59.6 Å². The molecule has 2 heterocycles. The van der Waals surface area contributed by atoms with E-state index >= 15 is 0 Å². The number of imide groups is 1. The Morgan fingerprint density at radius 2 is 1.63 bits per heavy atom. The van der Waals surface area contributed by atoms with Gasteiger partial charge < -0.3 is 0 Å². The first-order chi connectivity index (χ1) is 13.0. The van der Waals surface area contributed by atoms with Gasteiger partial charge in [0.05, 0.1) is 23.3 Å². The predicted molar refractivity (Wildman–Crippen MR) is 104 cm³/mol. The molecule has 2 amide bonds. The zero-order valence-electron chi connectivity index (χ0n) is 15.2. The zero-order chi connectivity index (χ0) is 19.1. The summed E-state index contributed by atoms with van der Waals surface area (Å²) < 4.78 is 0. The number of fused-ring (bicyclic) bond motifs is 1. The molecule has 5 nitrogen and oxygen atoms in total. The highest BCUT2D eigenvalue weighted by molar-refractivity contribution is 6.31. The summed E-state index contributed by atoms with van der Waals surface area (Å²) in [6.07, 6.45) is -0.0408. The van der Waals surface area contributed by atoms with Crippen LogP contribution < -0.4 is 9.96 Å². The topological polar surface area (TPSA) is 49.9 Å². The fraction of sp³-hybridized carbons (Fsp3) is 0.333. The van der Waals surface area contributed by atoms with Gasteiger partial charge in [0.1, 0.15) is 0 Å². The molecule has 0 radical (unpaired) electrons. The van der Waals surface area contributed by atoms with Crippen molar-refractivity contribution in [2.75, 3.05) is 9.96 Å². The molecular weight excluding hydrogens is 364 g/mol. The van der Waals surface area contributed by atoms with Crippen molar-refractivity contribution in [1.29, 1.82) is 0 Å². The van der Waals surface area contributed by atoms with E-state index in [9.17, 15) is 9.59 Å². The molecule has 2 aromatic rings. The molecular formula is C21H21ClN2O3. The molecule has 140 valence electrons. The summed E-state index contributed by atoms with van der Waals surface area (Å²) in [5, 5.41) is 2.31. The van der Waals surface area contributed by atoms with Crippen molar-refractivity contribution >= 4 is 34.8 Å². The van der Waals surface area contributed by atoms with Gasteiger partial charge in [-0.1, -0.05) is 43.6 Å². The Hall–Kier alpha value is -2.37. The summed E-state index contributed by atoms with van der Waals surface area (Å²) in [4.78, 5) is 33.5. The van der Waals surface area contributed by atoms with Crippen LogP contribution in [0.5, 0.6) is 0 Å². The van der Waals surface area contributed by atoms with Crippen LogP contribution in [-0.4, -0.2) is 24.0 Å². The molecule has 6 heteroatoms. The van der Waals surface area contributed by atoms with Crippen molar-refractivity contribution in [2.24, 2.45) is 11.8 Å². The molecule has 0 spiro atoms. The third-order valence-corrected chi connectivity index (χ3v) is 5.30. The average molecular weight is 385 g/mol. The standard InChI is InChI=1S/C21H21ClN2O3/c1-13(2)12-17-18-19(27-24(17)16-6-4-3-5-7-16)21(26)23(20(18)25)15-10-8-14(22)9-11-15/h3-11,13,17-19H,12H2,1-2H3/t17-,18-,19+/m0/s1. The first kappa shape index (κ1) is 18.0. The van der Waals surface area contributed by atoms with E-state index in [-0.39, 0.29) is 17.9 Å². The van der Waals surface area contributed by atoms with Gasteiger partial charge in [0.2, 0.25) is 5.91 Å². The number of rotatable bonds is 4. The molecule has 0 aromatic heterocycles. The Labute approximate surface area is 163 Å². The minimum absolute atomic E-state index is 0.189. The third kappa shape index (κ3) is 3.11. The van der Waals surface area contributed by atoms with Crippen LogP contribution in [0.1, 0.15) is 20.3 Å². The summed E-state index contributed by atoms with van der Waals surface area (Å²) in [5.41, 5.74) is 1.39. The summed E-state index contributed by atoms with van der Waals surface area (Å²) in [6.45, 7) is 4.21. The molecule has 4 rings (SSSR count). The van der Waals surface area contributed by atoms with Gasteiger partial charge in [-0.3, -0.25) is 14.4 Å². The van der Waals surface area contributed by atoms with E-state index in [2.05, 4.69) is 13.8 Å². The lowest BCUT2D eigenvalue weighted by atomic mass is 9.90. The smallest absolute Gasteiger partial charge is 0.266 e. The van der Waals surface area contributed by atoms with E-state index < -0.39 is 12.0 Å². The highest BCUT2D eigenvalue weighted by Gasteiger charge is 2.59. The quantitative estimate of drug-likeness (QED) is 0.746. The number of hydroxylamine groups is 1. The van der Waals surface area contributed by atoms with E-state index in [0.29, 0.717) is 16.6 Å². The number of anilines is 2. The molecule has 2 aromatic carbocycles. The van der Waals surface area contributed by atoms with Crippen molar-refractivity contribution in [1.82, 2.24) is 0 Å². The van der Waals surface area contributed by atoms with Crippen LogP contribution in [0.2, 0.25) is 5.02 Å². The molecule has 3 atom stereocenters. The van der Waals surface area contributed by atoms with Crippen LogP contribution >= 0.6 is 11.6 Å². The van der Waals surface area contributed by atoms with Crippen LogP contribution in [0.25, 0.3) is 0 Å². The Morgan fingerprint density at radius 3 is 2.26 bits per heavy atom. The van der Waals surface area contributed by atoms with E-state index in [1.54, 1.807) is 29.3 Å². The van der Waals surface area contributed by atoms with Crippen molar-refractivity contribution in [3.63, 3.8) is 0 Å². The average Bonchev–Trinajstić information content (AvgIpc) is 3.13. The SMILES string of the molecule is CC(C)C[C@H]1[C@@H]2C(=O)N(c3ccc(Cl)cc3)C(=O)[C@@H]2ON1c1ccccc1. The van der Waals surface area contributed by atoms with Gasteiger partial charge in [-0.2, -0.15) is 0 Å². The molecule has 0 aliphatic carbocycles. The molecule has 2 saturated heterocycles. The van der Waals surface area contributed by atoms with Gasteiger partial charge in [-0.15, -0.1) is 0 Å². The van der Waals surface area contributed by atoms with Crippen molar-refractivity contribution in [3.8, 4) is 0 Å². The fourth-order valence-corrected chi connectivity index (χ4v) is 4.01. The van der Waals surface area contributed by atoms with Gasteiger partial charge in [0.25, 0.3) is 5.91 Å². The normalized spacial score (nSPS) is 24.8. The van der Waals surface area contributed by atoms with Crippen molar-refractivity contribution < 1.29 is 14.4 Å². The van der Waals surface area contributed by atoms with Crippen LogP contribution in [0.15, 0.2) is 54.6 Å². The number of nitrogens with zero attached hydrogens (tertiary/aromatic N) is 2. The number of para-hydroxylation sites is 1. The number of hydrogen-bond donors (Lipinski definition) is 0. The number of amides is 2. The monoisotopic (exact) mass is 384 g/mol. The van der Waals surface area contributed by atoms with Gasteiger partial charge in [-0.05, 0) is 48.7 Å². The van der Waals surface area contributed by atoms with E-state index in [0.717, 1.165) is 12.1 Å². The summed E-state index contributed by atoms with van der Waals surface area (Å²) >= 11 is 5.93. The maximum Gasteiger partial charge on any atom is 0.266 e. The van der Waals surface area contributed by atoms with Crippen LogP contribution in [0.4, 0.5) is 11.4 Å². The van der Waals surface area contributed by atoms with E-state index in [1.165, 1.54) is 4.90 Å². The molecule has 0 saturated carbocycles. The van der Waals surface area contributed by atoms with Crippen molar-refractivity contribution in [2.45, 2.75) is 32.4 Å². The summed E-state index contributed by atoms with van der Waals surface area (Å²) in [5.74, 6) is -0.692. The van der Waals surface area contributed by atoms with Crippen LogP contribution in [-0.2, 0) is 14.4 Å². The lowest BCUT2D eigenvalue weighted by Gasteiger charge is -2.29. The second kappa shape index (κ2) is 6.98. The van der Waals surface area contributed by atoms with Gasteiger partial charge in [0.15, 0.2) is 6.10 Å². The van der Waals surface area contributed by atoms with E-state index in [1.807, 2.05) is 30.3 Å². The molecule has 27 heavy (non-hydrogen) atoms. The molecule has 2 aliphatic rings. The molecule has 0 bridgehead atoms. The Kier molecular flexibility index (Phi) is 4.66. The lowest BCUT2D eigenvalue weighted by molar-refractivity contribution is -0.126. The van der Waals surface area contributed by atoms with E-state index in [4.69, 9.17) is 16.4 Å². The number of hydrogen-bond acceptors (Lipinski definition) is 4. The Morgan fingerprint density at radius 1 is 0.963 bits per heavy atom. The minimum Gasteiger partial charge on any atom is -0.273 e. The van der Waals surface area contributed by atoms with Gasteiger partial charge in [0, 0.05) is 5.02 Å². The predicted octanol–water partition coefficient (Wildman–Crippen LogP) is 4.06. The maximum atomic E-state index is 13.2. The molecule has 2 fully saturated rings. The minimum atomic E-state index is -0.794. The number of benzene rings is 2. The van der Waals surface area contributed by atoms with Crippen LogP contribution in [0.3, 0.4) is 0 Å². The maximum absolute atomic E-state index is 13.2. The fourth-order valence-electron chi connectivity index (χ4n) is 3.89.